The molecule has 6 rings (SSSR count). The van der Waals surface area contributed by atoms with E-state index in [1.165, 1.54) is 7.05 Å². The van der Waals surface area contributed by atoms with Crippen molar-refractivity contribution in [2.45, 2.75) is 50.6 Å². The number of aromatic nitrogens is 2. The van der Waals surface area contributed by atoms with Gasteiger partial charge in [-0.05, 0) is 82.1 Å². The zero-order valence-corrected chi connectivity index (χ0v) is 36.1. The number of hydrogen-bond donors (Lipinski definition) is 3. The Morgan fingerprint density at radius 2 is 1.80 bits per heavy atom. The molecule has 1 fully saturated rings. The predicted octanol–water partition coefficient (Wildman–Crippen LogP) is 6.79. The molecule has 1 saturated heterocycles. The summed E-state index contributed by atoms with van der Waals surface area (Å²) < 4.78 is 13.9. The van der Waals surface area contributed by atoms with E-state index in [2.05, 4.69) is 53.1 Å². The van der Waals surface area contributed by atoms with Crippen LogP contribution in [-0.4, -0.2) is 117 Å². The van der Waals surface area contributed by atoms with Gasteiger partial charge in [-0.15, -0.1) is 0 Å². The second-order valence-corrected chi connectivity index (χ2v) is 15.9. The lowest BCUT2D eigenvalue weighted by Crippen LogP contribution is -2.43. The van der Waals surface area contributed by atoms with Gasteiger partial charge in [-0.25, -0.2) is 4.98 Å². The van der Waals surface area contributed by atoms with Gasteiger partial charge < -0.3 is 44.3 Å². The number of fused-ring (bicyclic) bond motifs is 1. The Kier molecular flexibility index (Phi) is 15.1. The van der Waals surface area contributed by atoms with Crippen LogP contribution < -0.4 is 34.6 Å². The number of methoxy groups -OCH3 is 1. The second kappa shape index (κ2) is 20.6. The third-order valence-electron chi connectivity index (χ3n) is 10.9. The number of rotatable bonds is 20. The van der Waals surface area contributed by atoms with Gasteiger partial charge in [0, 0.05) is 57.7 Å². The summed E-state index contributed by atoms with van der Waals surface area (Å²) in [5, 5.41) is 9.54. The molecule has 0 aliphatic carbocycles. The number of aldehydes is 1. The molecule has 0 saturated carbocycles. The van der Waals surface area contributed by atoms with Gasteiger partial charge in [0.1, 0.15) is 22.8 Å². The van der Waals surface area contributed by atoms with Gasteiger partial charge >= 0.3 is 0 Å². The summed E-state index contributed by atoms with van der Waals surface area (Å²) in [4.78, 5) is 64.9. The summed E-state index contributed by atoms with van der Waals surface area (Å²) in [5.41, 5.74) is 4.04. The quantitative estimate of drug-likeness (QED) is 0.0369. The molecule has 1 atom stereocenters. The van der Waals surface area contributed by atoms with Crippen LogP contribution in [0.2, 0.25) is 5.02 Å². The smallest absolute Gasteiger partial charge is 0.265 e. The van der Waals surface area contributed by atoms with E-state index in [1.54, 1.807) is 43.5 Å². The second-order valence-electron chi connectivity index (χ2n) is 14.6. The lowest BCUT2D eigenvalue weighted by Gasteiger charge is -2.38. The maximum absolute atomic E-state index is 13.4. The molecule has 3 heterocycles. The lowest BCUT2D eigenvalue weighted by molar-refractivity contribution is -0.121. The van der Waals surface area contributed by atoms with Crippen LogP contribution in [0.15, 0.2) is 66.9 Å². The molecule has 3 aromatic carbocycles. The standard InChI is InChI=1S/C43H52ClN9O6S/c1-45-38(55)18-16-30(27-54)53-41(56)31-11-10-14-36(39(31)42(53)57)59-24-9-8-21-50(2)28-19-22-52(23-20-28)29-15-17-34(37(25-29)58-4)48-43-46-26-32(44)40(49-43)47-33-12-6-7-13-35(33)51(3)60-5/h6-7,10-15,17,25-28,30H,8-9,16,18-24H2,1-5H3,(H,45,55)(H2,46,47,48,49). The Bertz CT molecular complexity index is 2170. The Labute approximate surface area is 360 Å². The van der Waals surface area contributed by atoms with Crippen LogP contribution in [0, 0.1) is 0 Å². The fourth-order valence-corrected chi connectivity index (χ4v) is 7.94. The van der Waals surface area contributed by atoms with Crippen molar-refractivity contribution < 1.29 is 28.7 Å². The molecule has 2 aliphatic rings. The maximum atomic E-state index is 13.4. The number of carbonyl (C=O) groups is 4. The summed E-state index contributed by atoms with van der Waals surface area (Å²) in [6, 6.07) is 18.3. The normalized spacial score (nSPS) is 14.5. The minimum absolute atomic E-state index is 0.0161. The molecule has 3 amide bonds. The topological polar surface area (TPSA) is 162 Å². The van der Waals surface area contributed by atoms with Crippen LogP contribution in [0.25, 0.3) is 0 Å². The summed E-state index contributed by atoms with van der Waals surface area (Å²) in [6.45, 7) is 3.06. The summed E-state index contributed by atoms with van der Waals surface area (Å²) in [7, 11) is 7.29. The minimum Gasteiger partial charge on any atom is -0.494 e. The van der Waals surface area contributed by atoms with Crippen LogP contribution in [0.4, 0.5) is 34.5 Å². The van der Waals surface area contributed by atoms with Gasteiger partial charge in [0.15, 0.2) is 5.82 Å². The van der Waals surface area contributed by atoms with Gasteiger partial charge in [-0.1, -0.05) is 41.7 Å². The molecule has 0 spiro atoms. The number of unbranched alkanes of at least 4 members (excludes halogenated alkanes) is 1. The first-order chi connectivity index (χ1) is 29.1. The number of piperidine rings is 1. The Morgan fingerprint density at radius 1 is 1.02 bits per heavy atom. The number of nitrogens with zero attached hydrogens (tertiary/aromatic N) is 6. The molecule has 0 bridgehead atoms. The zero-order chi connectivity index (χ0) is 42.8. The number of para-hydroxylation sites is 2. The van der Waals surface area contributed by atoms with Gasteiger partial charge in [-0.2, -0.15) is 4.98 Å². The Balaban J connectivity index is 0.969. The molecule has 3 N–H and O–H groups in total. The molecule has 1 aromatic heterocycles. The highest BCUT2D eigenvalue weighted by Gasteiger charge is 2.42. The van der Waals surface area contributed by atoms with Crippen LogP contribution in [0.1, 0.15) is 59.2 Å². The number of carbonyl (C=O) groups excluding carboxylic acids is 4. The number of ether oxygens (including phenoxy) is 2. The molecular weight excluding hydrogens is 806 g/mol. The summed E-state index contributed by atoms with van der Waals surface area (Å²) in [6.07, 6.45) is 7.85. The first kappa shape index (κ1) is 44.0. The minimum atomic E-state index is -1.04. The summed E-state index contributed by atoms with van der Waals surface area (Å²) >= 11 is 8.12. The van der Waals surface area contributed by atoms with Gasteiger partial charge in [0.25, 0.3) is 11.8 Å². The number of anilines is 6. The number of benzene rings is 3. The molecule has 318 valence electrons. The third-order valence-corrected chi connectivity index (χ3v) is 11.9. The van der Waals surface area contributed by atoms with Crippen molar-refractivity contribution in [2.24, 2.45) is 0 Å². The van der Waals surface area contributed by atoms with E-state index < -0.39 is 17.9 Å². The molecule has 17 heteroatoms. The SMILES string of the molecule is CNC(=O)CCC(C=O)N1C(=O)c2cccc(OCCCCN(C)C3CCN(c4ccc(Nc5ncc(Cl)c(Nc6ccccc6N(C)SC)n5)c(OC)c4)CC3)c2C1=O. The number of halogens is 1. The van der Waals surface area contributed by atoms with Crippen molar-refractivity contribution >= 4 is 82.1 Å². The van der Waals surface area contributed by atoms with Gasteiger partial charge in [0.05, 0.1) is 54.1 Å². The van der Waals surface area contributed by atoms with Crippen LogP contribution in [0.3, 0.4) is 0 Å². The van der Waals surface area contributed by atoms with Crippen LogP contribution >= 0.6 is 23.5 Å². The first-order valence-corrected chi connectivity index (χ1v) is 21.5. The highest BCUT2D eigenvalue weighted by Crippen LogP contribution is 2.36. The Hall–Kier alpha value is -5.58. The van der Waals surface area contributed by atoms with E-state index in [-0.39, 0.29) is 29.9 Å². The fraction of sp³-hybridized carbons (Fsp3) is 0.395. The third kappa shape index (κ3) is 10.2. The number of amides is 3. The van der Waals surface area contributed by atoms with Crippen molar-refractivity contribution in [3.63, 3.8) is 0 Å². The van der Waals surface area contributed by atoms with Crippen molar-refractivity contribution in [1.82, 2.24) is 25.1 Å². The fourth-order valence-electron chi connectivity index (χ4n) is 7.44. The number of imide groups is 1. The van der Waals surface area contributed by atoms with Gasteiger partial charge in [0.2, 0.25) is 11.9 Å². The van der Waals surface area contributed by atoms with Crippen LogP contribution in [-0.2, 0) is 9.59 Å². The maximum Gasteiger partial charge on any atom is 0.265 e. The lowest BCUT2D eigenvalue weighted by atomic mass is 10.0. The van der Waals surface area contributed by atoms with Crippen molar-refractivity contribution in [2.75, 3.05) is 80.6 Å². The predicted molar refractivity (Wildman–Crippen MR) is 238 cm³/mol. The van der Waals surface area contributed by atoms with Gasteiger partial charge in [-0.3, -0.25) is 19.3 Å². The molecule has 1 unspecified atom stereocenters. The summed E-state index contributed by atoms with van der Waals surface area (Å²) in [5.74, 6) is 0.442. The molecule has 15 nitrogen and oxygen atoms in total. The van der Waals surface area contributed by atoms with E-state index >= 15 is 0 Å². The average Bonchev–Trinajstić information content (AvgIpc) is 3.53. The molecule has 0 radical (unpaired) electrons. The zero-order valence-electron chi connectivity index (χ0n) is 34.6. The van der Waals surface area contributed by atoms with Crippen molar-refractivity contribution in [1.29, 1.82) is 0 Å². The van der Waals surface area contributed by atoms with Crippen molar-refractivity contribution in [3.05, 3.63) is 83.0 Å². The molecule has 60 heavy (non-hydrogen) atoms. The average molecular weight is 858 g/mol. The highest BCUT2D eigenvalue weighted by atomic mass is 35.5. The van der Waals surface area contributed by atoms with Crippen molar-refractivity contribution in [3.8, 4) is 11.5 Å². The Morgan fingerprint density at radius 3 is 2.53 bits per heavy atom. The van der Waals surface area contributed by atoms with E-state index in [0.717, 1.165) is 73.0 Å². The number of hydrogen-bond acceptors (Lipinski definition) is 14. The first-order valence-electron chi connectivity index (χ1n) is 19.9. The van der Waals surface area contributed by atoms with E-state index in [1.807, 2.05) is 49.7 Å². The molecule has 2 aliphatic heterocycles. The highest BCUT2D eigenvalue weighted by molar-refractivity contribution is 7.99. The number of nitrogens with one attached hydrogen (secondary N) is 3. The largest absolute Gasteiger partial charge is 0.494 e. The molecule has 4 aromatic rings. The van der Waals surface area contributed by atoms with E-state index in [0.29, 0.717) is 47.2 Å². The van der Waals surface area contributed by atoms with Crippen LogP contribution in [0.5, 0.6) is 11.5 Å². The van der Waals surface area contributed by atoms with E-state index in [4.69, 9.17) is 21.1 Å². The monoisotopic (exact) mass is 857 g/mol. The van der Waals surface area contributed by atoms with E-state index in [9.17, 15) is 19.2 Å². The molecular formula is C43H52ClN9O6S.